The number of para-hydroxylation sites is 1. The van der Waals surface area contributed by atoms with Gasteiger partial charge in [-0.2, -0.15) is 0 Å². The lowest BCUT2D eigenvalue weighted by Gasteiger charge is -2.17. The van der Waals surface area contributed by atoms with E-state index in [2.05, 4.69) is 15.0 Å². The first kappa shape index (κ1) is 13.1. The fourth-order valence-electron chi connectivity index (χ4n) is 2.28. The number of fused-ring (bicyclic) bond motifs is 1. The van der Waals surface area contributed by atoms with Gasteiger partial charge in [-0.15, -0.1) is 0 Å². The molecule has 2 aromatic heterocycles. The van der Waals surface area contributed by atoms with E-state index in [1.807, 2.05) is 30.3 Å². The summed E-state index contributed by atoms with van der Waals surface area (Å²) in [5, 5.41) is 1.03. The highest BCUT2D eigenvalue weighted by atomic mass is 16.2. The number of amides is 1. The second kappa shape index (κ2) is 5.24. The zero-order valence-electron chi connectivity index (χ0n) is 11.5. The molecular weight excluding hydrogens is 268 g/mol. The Morgan fingerprint density at radius 3 is 2.86 bits per heavy atom. The number of rotatable bonds is 3. The van der Waals surface area contributed by atoms with Gasteiger partial charge in [0.15, 0.2) is 0 Å². The summed E-state index contributed by atoms with van der Waals surface area (Å²) in [7, 11) is 1.69. The molecule has 0 radical (unpaired) electrons. The number of aromatic amines is 2. The molecule has 1 aromatic carbocycles. The van der Waals surface area contributed by atoms with Crippen LogP contribution in [0.2, 0.25) is 0 Å². The number of hydrogen-bond donors (Lipinski definition) is 2. The highest BCUT2D eigenvalue weighted by Crippen LogP contribution is 2.17. The van der Waals surface area contributed by atoms with Crippen LogP contribution in [0.15, 0.2) is 47.5 Å². The Kier molecular flexibility index (Phi) is 3.27. The molecule has 0 spiro atoms. The van der Waals surface area contributed by atoms with E-state index in [4.69, 9.17) is 0 Å². The maximum atomic E-state index is 12.2. The van der Waals surface area contributed by atoms with Crippen LogP contribution < -0.4 is 5.69 Å². The lowest BCUT2D eigenvalue weighted by Crippen LogP contribution is -2.27. The lowest BCUT2D eigenvalue weighted by atomic mass is 10.1. The first-order valence-corrected chi connectivity index (χ1v) is 6.51. The Morgan fingerprint density at radius 1 is 1.29 bits per heavy atom. The maximum absolute atomic E-state index is 12.2. The van der Waals surface area contributed by atoms with Gasteiger partial charge in [0.2, 0.25) is 0 Å². The molecule has 0 saturated heterocycles. The van der Waals surface area contributed by atoms with Crippen LogP contribution in [-0.4, -0.2) is 32.8 Å². The third kappa shape index (κ3) is 2.55. The van der Waals surface area contributed by atoms with E-state index in [0.29, 0.717) is 6.54 Å². The zero-order valence-corrected chi connectivity index (χ0v) is 11.5. The Hall–Kier alpha value is -2.89. The molecule has 0 fully saturated rings. The maximum Gasteiger partial charge on any atom is 0.323 e. The van der Waals surface area contributed by atoms with E-state index >= 15 is 0 Å². The van der Waals surface area contributed by atoms with E-state index in [-0.39, 0.29) is 11.6 Å². The average Bonchev–Trinajstić information content (AvgIpc) is 2.93. The number of imidazole rings is 1. The monoisotopic (exact) mass is 282 g/mol. The van der Waals surface area contributed by atoms with Gasteiger partial charge in [0.05, 0.1) is 5.52 Å². The molecule has 106 valence electrons. The van der Waals surface area contributed by atoms with Crippen LogP contribution in [0.25, 0.3) is 10.9 Å². The topological polar surface area (TPSA) is 81.8 Å². The van der Waals surface area contributed by atoms with Crippen molar-refractivity contribution in [1.82, 2.24) is 19.9 Å². The van der Waals surface area contributed by atoms with Crippen molar-refractivity contribution in [2.75, 3.05) is 7.05 Å². The molecule has 0 unspecified atom stereocenters. The summed E-state index contributed by atoms with van der Waals surface area (Å²) >= 11 is 0. The van der Waals surface area contributed by atoms with Crippen molar-refractivity contribution >= 4 is 16.8 Å². The van der Waals surface area contributed by atoms with Crippen LogP contribution in [0.3, 0.4) is 0 Å². The number of nitrogens with zero attached hydrogens (tertiary/aromatic N) is 2. The average molecular weight is 282 g/mol. The van der Waals surface area contributed by atoms with Crippen LogP contribution in [0, 0.1) is 0 Å². The first-order chi connectivity index (χ1) is 10.1. The highest BCUT2D eigenvalue weighted by Gasteiger charge is 2.15. The minimum absolute atomic E-state index is 0.246. The summed E-state index contributed by atoms with van der Waals surface area (Å²) < 4.78 is 0. The smallest absolute Gasteiger partial charge is 0.323 e. The van der Waals surface area contributed by atoms with Crippen molar-refractivity contribution in [1.29, 1.82) is 0 Å². The molecule has 3 rings (SSSR count). The van der Waals surface area contributed by atoms with E-state index in [0.717, 1.165) is 16.5 Å². The molecule has 2 N–H and O–H groups in total. The molecule has 1 amide bonds. The zero-order chi connectivity index (χ0) is 14.8. The normalized spacial score (nSPS) is 10.7. The molecular formula is C15H14N4O2. The molecule has 21 heavy (non-hydrogen) atoms. The van der Waals surface area contributed by atoms with Gasteiger partial charge in [-0.3, -0.25) is 9.78 Å². The van der Waals surface area contributed by atoms with Crippen LogP contribution in [0.1, 0.15) is 16.1 Å². The molecule has 0 atom stereocenters. The summed E-state index contributed by atoms with van der Waals surface area (Å²) in [4.78, 5) is 34.1. The Labute approximate surface area is 120 Å². The minimum atomic E-state index is -0.390. The lowest BCUT2D eigenvalue weighted by molar-refractivity contribution is 0.0780. The van der Waals surface area contributed by atoms with Crippen LogP contribution in [0.4, 0.5) is 0 Å². The highest BCUT2D eigenvalue weighted by molar-refractivity contribution is 5.92. The predicted octanol–water partition coefficient (Wildman–Crippen LogP) is 1.52. The Morgan fingerprint density at radius 2 is 2.10 bits per heavy atom. The van der Waals surface area contributed by atoms with Gasteiger partial charge >= 0.3 is 5.69 Å². The molecule has 0 aliphatic heterocycles. The Balaban J connectivity index is 1.88. The number of H-pyrrole nitrogens is 2. The minimum Gasteiger partial charge on any atom is -0.336 e. The van der Waals surface area contributed by atoms with Gasteiger partial charge in [0.25, 0.3) is 5.91 Å². The van der Waals surface area contributed by atoms with Gasteiger partial charge < -0.3 is 14.9 Å². The van der Waals surface area contributed by atoms with Crippen molar-refractivity contribution in [2.45, 2.75) is 6.54 Å². The fraction of sp³-hybridized carbons (Fsp3) is 0.133. The Bertz CT molecular complexity index is 845. The summed E-state index contributed by atoms with van der Waals surface area (Å²) in [5.41, 5.74) is 1.69. The summed E-state index contributed by atoms with van der Waals surface area (Å²) in [6, 6.07) is 9.73. The third-order valence-electron chi connectivity index (χ3n) is 3.30. The van der Waals surface area contributed by atoms with Crippen molar-refractivity contribution in [2.24, 2.45) is 0 Å². The largest absolute Gasteiger partial charge is 0.336 e. The van der Waals surface area contributed by atoms with Gasteiger partial charge in [-0.05, 0) is 11.6 Å². The fourth-order valence-corrected chi connectivity index (χ4v) is 2.28. The van der Waals surface area contributed by atoms with Gasteiger partial charge in [-0.1, -0.05) is 24.3 Å². The van der Waals surface area contributed by atoms with Crippen LogP contribution in [0.5, 0.6) is 0 Å². The number of pyridine rings is 1. The molecule has 2 heterocycles. The summed E-state index contributed by atoms with van der Waals surface area (Å²) in [6.45, 7) is 0.417. The number of nitrogens with one attached hydrogen (secondary N) is 2. The van der Waals surface area contributed by atoms with E-state index in [9.17, 15) is 9.59 Å². The van der Waals surface area contributed by atoms with E-state index in [1.54, 1.807) is 18.1 Å². The third-order valence-corrected chi connectivity index (χ3v) is 3.30. The van der Waals surface area contributed by atoms with Crippen molar-refractivity contribution in [3.05, 3.63) is 64.5 Å². The molecule has 3 aromatic rings. The van der Waals surface area contributed by atoms with Crippen LogP contribution >= 0.6 is 0 Å². The molecule has 6 nitrogen and oxygen atoms in total. The molecule has 0 bridgehead atoms. The van der Waals surface area contributed by atoms with Crippen molar-refractivity contribution in [3.63, 3.8) is 0 Å². The van der Waals surface area contributed by atoms with Crippen molar-refractivity contribution in [3.8, 4) is 0 Å². The quantitative estimate of drug-likeness (QED) is 0.764. The summed E-state index contributed by atoms with van der Waals surface area (Å²) in [6.07, 6.45) is 3.11. The first-order valence-electron chi connectivity index (χ1n) is 6.51. The number of hydrogen-bond acceptors (Lipinski definition) is 3. The molecule has 0 aliphatic rings. The van der Waals surface area contributed by atoms with E-state index in [1.165, 1.54) is 6.20 Å². The molecule has 6 heteroatoms. The van der Waals surface area contributed by atoms with Crippen molar-refractivity contribution < 1.29 is 4.79 Å². The summed E-state index contributed by atoms with van der Waals surface area (Å²) in [5.74, 6) is -0.249. The van der Waals surface area contributed by atoms with E-state index < -0.39 is 5.69 Å². The second-order valence-electron chi connectivity index (χ2n) is 4.81. The number of carbonyl (C=O) groups is 1. The number of benzene rings is 1. The number of aromatic nitrogens is 3. The van der Waals surface area contributed by atoms with Gasteiger partial charge in [0, 0.05) is 31.4 Å². The standard InChI is InChI=1S/C15H14N4O2/c1-19(14(20)12-8-17-15(21)18-12)9-11-5-2-4-10-6-3-7-16-13(10)11/h2-8H,9H2,1H3,(H2,17,18,21). The predicted molar refractivity (Wildman–Crippen MR) is 79.0 cm³/mol. The second-order valence-corrected chi connectivity index (χ2v) is 4.81. The van der Waals surface area contributed by atoms with Crippen LogP contribution in [-0.2, 0) is 6.54 Å². The SMILES string of the molecule is CN(Cc1cccc2cccnc12)C(=O)c1c[nH]c(=O)[nH]1. The van der Waals surface area contributed by atoms with Gasteiger partial charge in [0.1, 0.15) is 5.69 Å². The molecule has 0 saturated carbocycles. The molecule has 0 aliphatic carbocycles. The number of carbonyl (C=O) groups excluding carboxylic acids is 1. The van der Waals surface area contributed by atoms with Gasteiger partial charge in [-0.25, -0.2) is 4.79 Å².